The van der Waals surface area contributed by atoms with Crippen molar-refractivity contribution >= 4 is 13.3 Å². The van der Waals surface area contributed by atoms with Crippen LogP contribution in [0, 0.1) is 0 Å². The van der Waals surface area contributed by atoms with Crippen molar-refractivity contribution in [3.8, 4) is 0 Å². The summed E-state index contributed by atoms with van der Waals surface area (Å²) in [4.78, 5) is 0. The first-order valence-electron chi connectivity index (χ1n) is 14.7. The normalized spacial score (nSPS) is 14.6. The van der Waals surface area contributed by atoms with E-state index in [4.69, 9.17) is 0 Å². The molecule has 0 nitrogen and oxygen atoms in total. The summed E-state index contributed by atoms with van der Waals surface area (Å²) in [5.41, 5.74) is 3.27. The quantitative estimate of drug-likeness (QED) is 0.162. The number of hydrogen-bond acceptors (Lipinski definition) is 0. The van der Waals surface area contributed by atoms with Gasteiger partial charge >= 0.3 is 162 Å². The van der Waals surface area contributed by atoms with E-state index in [-0.39, 0.29) is 37.2 Å². The number of rotatable bonds is 19. The van der Waals surface area contributed by atoms with Crippen molar-refractivity contribution in [2.75, 3.05) is 0 Å². The maximum atomic E-state index is 2.65. The van der Waals surface area contributed by atoms with Gasteiger partial charge in [-0.3, -0.25) is 0 Å². The van der Waals surface area contributed by atoms with E-state index in [1.165, 1.54) is 115 Å². The molecule has 0 fully saturated rings. The molecule has 2 rings (SSSR count). The zero-order chi connectivity index (χ0) is 24.7. The summed E-state index contributed by atoms with van der Waals surface area (Å²) in [7, 11) is -1.65. The maximum Gasteiger partial charge on any atom is -1.00 e. The standard InChI is InChI=1S/C32H53Si.3ClH.Ti/c1-5-6-7-8-9-10-11-12-13-14-15-16-17-18-19-23-28-33(4,31-24-21-20-22-25-31)32-29(2)26-27-30(32)3;;;;/h20-22,24-25H,5-19,23,26,28H2,1-4H3;3*1H;/q;;;;+3/p-3. The Morgan fingerprint density at radius 3 is 1.43 bits per heavy atom. The van der Waals surface area contributed by atoms with E-state index in [9.17, 15) is 0 Å². The van der Waals surface area contributed by atoms with Gasteiger partial charge in [-0.2, -0.15) is 0 Å². The van der Waals surface area contributed by atoms with Crippen molar-refractivity contribution in [2.45, 2.75) is 143 Å². The van der Waals surface area contributed by atoms with Gasteiger partial charge in [0.05, 0.1) is 0 Å². The zero-order valence-electron chi connectivity index (χ0n) is 24.2. The minimum atomic E-state index is -1.65. The third kappa shape index (κ3) is 14.1. The number of halogens is 3. The van der Waals surface area contributed by atoms with Crippen LogP contribution in [-0.2, 0) is 20.4 Å². The summed E-state index contributed by atoms with van der Waals surface area (Å²) in [6, 6.07) is 12.9. The largest absolute Gasteiger partial charge is 1.00 e. The molecular formula is C32H53Cl3SiTi. The monoisotopic (exact) mass is 618 g/mol. The van der Waals surface area contributed by atoms with Gasteiger partial charge < -0.3 is 37.2 Å². The number of hydrogen-bond donors (Lipinski definition) is 0. The predicted molar refractivity (Wildman–Crippen MR) is 152 cm³/mol. The minimum Gasteiger partial charge on any atom is -1.00 e. The smallest absolute Gasteiger partial charge is 1.00 e. The van der Waals surface area contributed by atoms with Gasteiger partial charge in [-0.05, 0) is 0 Å². The molecule has 1 aromatic carbocycles. The summed E-state index contributed by atoms with van der Waals surface area (Å²) >= 11 is 2.35. The average Bonchev–Trinajstić information content (AvgIpc) is 3.10. The fourth-order valence-corrected chi connectivity index (χ4v) is 11.6. The van der Waals surface area contributed by atoms with Crippen LogP contribution in [0.1, 0.15) is 130 Å². The molecule has 0 heterocycles. The molecule has 5 heteroatoms. The van der Waals surface area contributed by atoms with Gasteiger partial charge in [0, 0.05) is 0 Å². The Balaban J connectivity index is 0. The Bertz CT molecular complexity index is 763. The van der Waals surface area contributed by atoms with E-state index < -0.39 is 8.07 Å². The number of unbranched alkanes of at least 4 members (excludes halogenated alkanes) is 15. The van der Waals surface area contributed by atoms with Gasteiger partial charge in [0.15, 0.2) is 0 Å². The third-order valence-corrected chi connectivity index (χ3v) is 13.9. The molecule has 0 saturated heterocycles. The first-order valence-corrected chi connectivity index (χ1v) is 18.2. The summed E-state index contributed by atoms with van der Waals surface area (Å²) in [5.74, 6) is 0. The molecule has 0 aromatic heterocycles. The second kappa shape index (κ2) is 23.2. The molecule has 0 aliphatic heterocycles. The van der Waals surface area contributed by atoms with E-state index in [1.807, 2.05) is 0 Å². The van der Waals surface area contributed by atoms with Crippen LogP contribution < -0.4 is 42.4 Å². The first kappa shape index (κ1) is 39.6. The summed E-state index contributed by atoms with van der Waals surface area (Å²) < 4.78 is 1.61. The van der Waals surface area contributed by atoms with Crippen LogP contribution in [0.2, 0.25) is 12.6 Å². The van der Waals surface area contributed by atoms with Crippen molar-refractivity contribution in [3.05, 3.63) is 50.6 Å². The Labute approximate surface area is 262 Å². The van der Waals surface area contributed by atoms with Crippen LogP contribution >= 0.6 is 0 Å². The van der Waals surface area contributed by atoms with Crippen LogP contribution in [0.25, 0.3) is 0 Å². The fraction of sp³-hybridized carbons (Fsp3) is 0.688. The molecule has 1 atom stereocenters. The molecule has 0 spiro atoms. The van der Waals surface area contributed by atoms with Crippen molar-refractivity contribution in [1.29, 1.82) is 0 Å². The van der Waals surface area contributed by atoms with Gasteiger partial charge in [0.25, 0.3) is 0 Å². The molecule has 0 radical (unpaired) electrons. The van der Waals surface area contributed by atoms with Crippen LogP contribution in [-0.4, -0.2) is 8.07 Å². The molecule has 1 aliphatic rings. The molecule has 1 aromatic rings. The molecule has 1 unspecified atom stereocenters. The number of allylic oxidation sites excluding steroid dienone is 4. The van der Waals surface area contributed by atoms with Crippen LogP contribution in [0.5, 0.6) is 0 Å². The van der Waals surface area contributed by atoms with Crippen molar-refractivity contribution in [1.82, 2.24) is 0 Å². The SMILES string of the molecule is CCCCCCCCCCCCCCCCCC[Si](C)(C1=C(C)C[C]([Ti+3])=C1C)c1ccccc1.[Cl-].[Cl-].[Cl-]. The van der Waals surface area contributed by atoms with Crippen molar-refractivity contribution < 1.29 is 57.7 Å². The summed E-state index contributed by atoms with van der Waals surface area (Å²) in [5, 5.41) is 3.41. The minimum absolute atomic E-state index is 0. The van der Waals surface area contributed by atoms with Crippen molar-refractivity contribution in [2.24, 2.45) is 0 Å². The van der Waals surface area contributed by atoms with E-state index in [2.05, 4.69) is 78.1 Å². The van der Waals surface area contributed by atoms with Crippen molar-refractivity contribution in [3.63, 3.8) is 0 Å². The molecule has 0 bridgehead atoms. The second-order valence-electron chi connectivity index (χ2n) is 11.2. The topological polar surface area (TPSA) is 0 Å². The van der Waals surface area contributed by atoms with Crippen LogP contribution in [0.4, 0.5) is 0 Å². The second-order valence-corrected chi connectivity index (χ2v) is 16.4. The first-order chi connectivity index (χ1) is 16.5. The van der Waals surface area contributed by atoms with Gasteiger partial charge in [0.1, 0.15) is 0 Å². The Kier molecular flexibility index (Phi) is 24.9. The third-order valence-electron chi connectivity index (χ3n) is 8.19. The number of benzene rings is 1. The van der Waals surface area contributed by atoms with Gasteiger partial charge in [0.2, 0.25) is 0 Å². The van der Waals surface area contributed by atoms with Crippen LogP contribution in [0.15, 0.2) is 50.6 Å². The molecule has 0 N–H and O–H groups in total. The van der Waals surface area contributed by atoms with E-state index in [0.29, 0.717) is 0 Å². The average molecular weight is 620 g/mol. The predicted octanol–water partition coefficient (Wildman–Crippen LogP) is 1.33. The molecule has 210 valence electrons. The summed E-state index contributed by atoms with van der Waals surface area (Å²) in [6.07, 6.45) is 24.4. The molecule has 0 amide bonds. The zero-order valence-corrected chi connectivity index (χ0v) is 29.1. The summed E-state index contributed by atoms with van der Waals surface area (Å²) in [6.45, 7) is 9.74. The molecule has 0 saturated carbocycles. The van der Waals surface area contributed by atoms with E-state index >= 15 is 0 Å². The maximum absolute atomic E-state index is 2.65. The van der Waals surface area contributed by atoms with Gasteiger partial charge in [-0.15, -0.1) is 0 Å². The Morgan fingerprint density at radius 1 is 0.649 bits per heavy atom. The molecule has 37 heavy (non-hydrogen) atoms. The Hall–Kier alpha value is 0.501. The fourth-order valence-electron chi connectivity index (χ4n) is 6.09. The molecule has 1 aliphatic carbocycles. The van der Waals surface area contributed by atoms with Gasteiger partial charge in [-0.1, -0.05) is 64.7 Å². The van der Waals surface area contributed by atoms with Crippen LogP contribution in [0.3, 0.4) is 0 Å². The molecular weight excluding hydrogens is 567 g/mol. The van der Waals surface area contributed by atoms with Gasteiger partial charge in [-0.25, -0.2) is 0 Å². The van der Waals surface area contributed by atoms with E-state index in [1.54, 1.807) is 25.4 Å². The Morgan fingerprint density at radius 2 is 1.05 bits per heavy atom. The van der Waals surface area contributed by atoms with E-state index in [0.717, 1.165) is 0 Å².